The summed E-state index contributed by atoms with van der Waals surface area (Å²) in [6, 6.07) is 3.36. The molecule has 1 unspecified atom stereocenters. The quantitative estimate of drug-likeness (QED) is 0.832. The Balaban J connectivity index is 2.12. The zero-order chi connectivity index (χ0) is 17.0. The van der Waals surface area contributed by atoms with E-state index >= 15 is 0 Å². The molecule has 1 heterocycles. The van der Waals surface area contributed by atoms with Gasteiger partial charge in [0.05, 0.1) is 17.0 Å². The molecule has 1 fully saturated rings. The molecule has 1 aliphatic rings. The van der Waals surface area contributed by atoms with Crippen molar-refractivity contribution in [2.45, 2.75) is 38.3 Å². The summed E-state index contributed by atoms with van der Waals surface area (Å²) >= 11 is 5.66. The van der Waals surface area contributed by atoms with Crippen LogP contribution in [0.1, 0.15) is 37.9 Å². The van der Waals surface area contributed by atoms with Crippen LogP contribution < -0.4 is 5.32 Å². The number of carbonyl (C=O) groups excluding carboxylic acids is 1. The zero-order valence-corrected chi connectivity index (χ0v) is 13.5. The van der Waals surface area contributed by atoms with Crippen LogP contribution in [0.15, 0.2) is 18.2 Å². The van der Waals surface area contributed by atoms with Crippen LogP contribution >= 0.6 is 11.6 Å². The summed E-state index contributed by atoms with van der Waals surface area (Å²) in [5.41, 5.74) is 0.520. The van der Waals surface area contributed by atoms with Crippen molar-refractivity contribution >= 4 is 23.5 Å². The first-order valence-electron chi connectivity index (χ1n) is 7.53. The van der Waals surface area contributed by atoms with Gasteiger partial charge in [0, 0.05) is 6.61 Å². The van der Waals surface area contributed by atoms with Gasteiger partial charge >= 0.3 is 5.97 Å². The molecule has 5 nitrogen and oxygen atoms in total. The van der Waals surface area contributed by atoms with E-state index in [4.69, 9.17) is 21.4 Å². The molecule has 1 aromatic carbocycles. The van der Waals surface area contributed by atoms with Crippen LogP contribution in [-0.2, 0) is 14.3 Å². The number of ether oxygens (including phenoxy) is 1. The number of amides is 1. The van der Waals surface area contributed by atoms with E-state index in [1.54, 1.807) is 6.07 Å². The van der Waals surface area contributed by atoms with Crippen molar-refractivity contribution in [1.82, 2.24) is 5.32 Å². The lowest BCUT2D eigenvalue weighted by atomic mass is 9.94. The highest BCUT2D eigenvalue weighted by atomic mass is 35.5. The first kappa shape index (κ1) is 17.7. The molecular weight excluding hydrogens is 325 g/mol. The number of carbonyl (C=O) groups is 2. The van der Waals surface area contributed by atoms with Crippen LogP contribution in [0, 0.1) is 11.7 Å². The molecule has 2 rings (SSSR count). The van der Waals surface area contributed by atoms with E-state index in [0.29, 0.717) is 31.4 Å². The number of hydrogen-bond donors (Lipinski definition) is 2. The Morgan fingerprint density at radius 2 is 2.26 bits per heavy atom. The zero-order valence-electron chi connectivity index (χ0n) is 12.7. The summed E-state index contributed by atoms with van der Waals surface area (Å²) in [7, 11) is 0. The molecule has 1 aliphatic heterocycles. The van der Waals surface area contributed by atoms with Crippen LogP contribution in [0.5, 0.6) is 0 Å². The van der Waals surface area contributed by atoms with Crippen LogP contribution in [0.3, 0.4) is 0 Å². The molecule has 0 bridgehead atoms. The molecule has 0 radical (unpaired) electrons. The summed E-state index contributed by atoms with van der Waals surface area (Å²) in [4.78, 5) is 23.6. The number of benzene rings is 1. The molecule has 1 saturated heterocycles. The van der Waals surface area contributed by atoms with Crippen molar-refractivity contribution in [3.8, 4) is 0 Å². The Labute approximate surface area is 138 Å². The third-order valence-electron chi connectivity index (χ3n) is 3.89. The normalized spacial score (nSPS) is 21.9. The fourth-order valence-electron chi connectivity index (χ4n) is 2.70. The Bertz CT molecular complexity index is 595. The smallest absolute Gasteiger partial charge is 0.326 e. The van der Waals surface area contributed by atoms with Gasteiger partial charge in [-0.2, -0.15) is 0 Å². The van der Waals surface area contributed by atoms with Gasteiger partial charge in [0.1, 0.15) is 11.9 Å². The fourth-order valence-corrected chi connectivity index (χ4v) is 2.82. The molecule has 0 spiro atoms. The van der Waals surface area contributed by atoms with Gasteiger partial charge in [-0.1, -0.05) is 31.0 Å². The molecule has 1 amide bonds. The van der Waals surface area contributed by atoms with Gasteiger partial charge in [0.2, 0.25) is 5.91 Å². The molecule has 23 heavy (non-hydrogen) atoms. The lowest BCUT2D eigenvalue weighted by Gasteiger charge is -2.21. The molecule has 0 aliphatic carbocycles. The number of rotatable bonds is 6. The van der Waals surface area contributed by atoms with E-state index in [2.05, 4.69) is 5.32 Å². The second-order valence-corrected chi connectivity index (χ2v) is 5.96. The highest BCUT2D eigenvalue weighted by molar-refractivity contribution is 6.30. The minimum Gasteiger partial charge on any atom is -0.480 e. The van der Waals surface area contributed by atoms with Crippen molar-refractivity contribution < 1.29 is 23.8 Å². The van der Waals surface area contributed by atoms with Crippen molar-refractivity contribution in [1.29, 1.82) is 0 Å². The predicted molar refractivity (Wildman–Crippen MR) is 82.7 cm³/mol. The monoisotopic (exact) mass is 343 g/mol. The van der Waals surface area contributed by atoms with Gasteiger partial charge in [-0.3, -0.25) is 4.79 Å². The molecule has 7 heteroatoms. The molecule has 0 saturated carbocycles. The van der Waals surface area contributed by atoms with Gasteiger partial charge in [0.15, 0.2) is 0 Å². The number of hydrogen-bond acceptors (Lipinski definition) is 3. The number of nitrogens with one attached hydrogen (secondary N) is 1. The van der Waals surface area contributed by atoms with Gasteiger partial charge in [-0.25, -0.2) is 9.18 Å². The lowest BCUT2D eigenvalue weighted by Crippen LogP contribution is -2.44. The maximum absolute atomic E-state index is 13.6. The molecule has 126 valence electrons. The van der Waals surface area contributed by atoms with E-state index in [-0.39, 0.29) is 10.9 Å². The summed E-state index contributed by atoms with van der Waals surface area (Å²) in [6.45, 7) is 2.21. The maximum atomic E-state index is 13.6. The minimum absolute atomic E-state index is 0.00151. The largest absolute Gasteiger partial charge is 0.480 e. The van der Waals surface area contributed by atoms with Crippen molar-refractivity contribution in [3.05, 3.63) is 34.6 Å². The van der Waals surface area contributed by atoms with Crippen LogP contribution in [0.25, 0.3) is 0 Å². The Kier molecular flexibility index (Phi) is 5.96. The third kappa shape index (κ3) is 4.20. The molecule has 0 aromatic heterocycles. The van der Waals surface area contributed by atoms with E-state index < -0.39 is 29.9 Å². The molecule has 3 atom stereocenters. The SMILES string of the molecule is CCCC(NC(=O)[C@@H]1CCO[C@H]1c1ccc(Cl)c(F)c1)C(=O)O. The maximum Gasteiger partial charge on any atom is 0.326 e. The fraction of sp³-hybridized carbons (Fsp3) is 0.500. The topological polar surface area (TPSA) is 75.6 Å². The van der Waals surface area contributed by atoms with Crippen molar-refractivity contribution in [3.63, 3.8) is 0 Å². The average molecular weight is 344 g/mol. The van der Waals surface area contributed by atoms with Crippen LogP contribution in [0.2, 0.25) is 5.02 Å². The number of carboxylic acid groups (broad SMARTS) is 1. The molecule has 2 N–H and O–H groups in total. The predicted octanol–water partition coefficient (Wildman–Crippen LogP) is 2.93. The van der Waals surface area contributed by atoms with Crippen LogP contribution in [-0.4, -0.2) is 29.6 Å². The van der Waals surface area contributed by atoms with Crippen molar-refractivity contribution in [2.75, 3.05) is 6.61 Å². The van der Waals surface area contributed by atoms with Crippen LogP contribution in [0.4, 0.5) is 4.39 Å². The first-order chi connectivity index (χ1) is 10.9. The Morgan fingerprint density at radius 3 is 2.87 bits per heavy atom. The highest BCUT2D eigenvalue weighted by Gasteiger charge is 2.37. The van der Waals surface area contributed by atoms with Gasteiger partial charge < -0.3 is 15.2 Å². The second kappa shape index (κ2) is 7.75. The van der Waals surface area contributed by atoms with E-state index in [1.807, 2.05) is 6.92 Å². The lowest BCUT2D eigenvalue weighted by molar-refractivity contribution is -0.143. The summed E-state index contributed by atoms with van der Waals surface area (Å²) in [5, 5.41) is 11.7. The number of halogens is 2. The number of carboxylic acids is 1. The average Bonchev–Trinajstić information content (AvgIpc) is 2.99. The standard InChI is InChI=1S/C16H19ClFNO4/c1-2-3-13(16(21)22)19-15(20)10-6-7-23-14(10)9-4-5-11(17)12(18)8-9/h4-5,8,10,13-14H,2-3,6-7H2,1H3,(H,19,20)(H,21,22)/t10-,13?,14+/m1/s1. The van der Waals surface area contributed by atoms with E-state index in [1.165, 1.54) is 12.1 Å². The molecular formula is C16H19ClFNO4. The minimum atomic E-state index is -1.06. The molecule has 1 aromatic rings. The van der Waals surface area contributed by atoms with Gasteiger partial charge in [-0.15, -0.1) is 0 Å². The van der Waals surface area contributed by atoms with E-state index in [0.717, 1.165) is 0 Å². The van der Waals surface area contributed by atoms with Gasteiger partial charge in [0.25, 0.3) is 0 Å². The Morgan fingerprint density at radius 1 is 1.52 bits per heavy atom. The highest BCUT2D eigenvalue weighted by Crippen LogP contribution is 2.35. The number of aliphatic carboxylic acids is 1. The first-order valence-corrected chi connectivity index (χ1v) is 7.91. The summed E-state index contributed by atoms with van der Waals surface area (Å²) in [6.07, 6.45) is 0.857. The summed E-state index contributed by atoms with van der Waals surface area (Å²) in [5.74, 6) is -2.57. The van der Waals surface area contributed by atoms with E-state index in [9.17, 15) is 14.0 Å². The van der Waals surface area contributed by atoms with Gasteiger partial charge in [-0.05, 0) is 30.5 Å². The third-order valence-corrected chi connectivity index (χ3v) is 4.20. The Hall–Kier alpha value is -1.66. The summed E-state index contributed by atoms with van der Waals surface area (Å²) < 4.78 is 19.2. The second-order valence-electron chi connectivity index (χ2n) is 5.55. The van der Waals surface area contributed by atoms with Crippen molar-refractivity contribution in [2.24, 2.45) is 5.92 Å².